The van der Waals surface area contributed by atoms with Crippen LogP contribution in [0.5, 0.6) is 0 Å². The van der Waals surface area contributed by atoms with Gasteiger partial charge in [-0.15, -0.1) is 5.10 Å². The fourth-order valence-electron chi connectivity index (χ4n) is 2.60. The van der Waals surface area contributed by atoms with Gasteiger partial charge in [-0.3, -0.25) is 4.90 Å². The molecule has 1 saturated heterocycles. The molecule has 0 radical (unpaired) electrons. The Balaban J connectivity index is 1.73. The van der Waals surface area contributed by atoms with E-state index in [-0.39, 0.29) is 5.54 Å². The van der Waals surface area contributed by atoms with Gasteiger partial charge in [0, 0.05) is 19.1 Å². The van der Waals surface area contributed by atoms with Gasteiger partial charge in [-0.25, -0.2) is 4.68 Å². The SMILES string of the molecule is CC(CNCc1cn(C(C)(C)C)nn1)N1CCCCC1. The average molecular weight is 279 g/mol. The molecule has 1 aliphatic heterocycles. The second-order valence-electron chi connectivity index (χ2n) is 6.90. The Hall–Kier alpha value is -0.940. The molecule has 1 aliphatic rings. The highest BCUT2D eigenvalue weighted by Crippen LogP contribution is 2.12. The zero-order chi connectivity index (χ0) is 14.6. The van der Waals surface area contributed by atoms with Crippen LogP contribution in [-0.4, -0.2) is 45.6 Å². The predicted molar refractivity (Wildman–Crippen MR) is 81.6 cm³/mol. The summed E-state index contributed by atoms with van der Waals surface area (Å²) >= 11 is 0. The maximum Gasteiger partial charge on any atom is 0.0965 e. The standard InChI is InChI=1S/C15H29N5/c1-13(19-8-6-5-7-9-19)10-16-11-14-12-20(18-17-14)15(2,3)4/h12-13,16H,5-11H2,1-4H3. The molecule has 1 atom stereocenters. The molecule has 1 aromatic heterocycles. The molecule has 1 unspecified atom stereocenters. The van der Waals surface area contributed by atoms with Crippen LogP contribution >= 0.6 is 0 Å². The molecule has 1 aromatic rings. The van der Waals surface area contributed by atoms with E-state index in [0.717, 1.165) is 18.8 Å². The molecular weight excluding hydrogens is 250 g/mol. The van der Waals surface area contributed by atoms with Crippen LogP contribution in [0.1, 0.15) is 52.7 Å². The van der Waals surface area contributed by atoms with Crippen LogP contribution in [0, 0.1) is 0 Å². The summed E-state index contributed by atoms with van der Waals surface area (Å²) in [4.78, 5) is 2.59. The van der Waals surface area contributed by atoms with E-state index in [4.69, 9.17) is 0 Å². The molecule has 114 valence electrons. The number of nitrogens with one attached hydrogen (secondary N) is 1. The van der Waals surface area contributed by atoms with Gasteiger partial charge in [-0.2, -0.15) is 0 Å². The molecule has 1 N–H and O–H groups in total. The molecule has 1 fully saturated rings. The van der Waals surface area contributed by atoms with Gasteiger partial charge in [0.1, 0.15) is 0 Å². The van der Waals surface area contributed by atoms with E-state index in [2.05, 4.69) is 48.2 Å². The smallest absolute Gasteiger partial charge is 0.0965 e. The number of nitrogens with zero attached hydrogens (tertiary/aromatic N) is 4. The first-order chi connectivity index (χ1) is 9.47. The van der Waals surface area contributed by atoms with Crippen LogP contribution in [0.4, 0.5) is 0 Å². The van der Waals surface area contributed by atoms with Crippen molar-refractivity contribution in [2.75, 3.05) is 19.6 Å². The molecular formula is C15H29N5. The molecule has 0 amide bonds. The molecule has 0 aromatic carbocycles. The lowest BCUT2D eigenvalue weighted by Crippen LogP contribution is -2.43. The number of piperidine rings is 1. The van der Waals surface area contributed by atoms with Crippen molar-refractivity contribution in [3.8, 4) is 0 Å². The van der Waals surface area contributed by atoms with Crippen molar-refractivity contribution < 1.29 is 0 Å². The van der Waals surface area contributed by atoms with Crippen LogP contribution in [0.2, 0.25) is 0 Å². The van der Waals surface area contributed by atoms with E-state index in [1.807, 2.05) is 10.9 Å². The Labute approximate surface area is 122 Å². The first-order valence-electron chi connectivity index (χ1n) is 7.83. The molecule has 0 spiro atoms. The van der Waals surface area contributed by atoms with Gasteiger partial charge in [0.25, 0.3) is 0 Å². The van der Waals surface area contributed by atoms with Gasteiger partial charge in [0.2, 0.25) is 0 Å². The van der Waals surface area contributed by atoms with Crippen molar-refractivity contribution >= 4 is 0 Å². The fraction of sp³-hybridized carbons (Fsp3) is 0.867. The van der Waals surface area contributed by atoms with Crippen molar-refractivity contribution in [3.63, 3.8) is 0 Å². The Morgan fingerprint density at radius 2 is 1.95 bits per heavy atom. The summed E-state index contributed by atoms with van der Waals surface area (Å²) in [5.41, 5.74) is 1.03. The van der Waals surface area contributed by atoms with E-state index >= 15 is 0 Å². The third-order valence-corrected chi connectivity index (χ3v) is 3.99. The fourth-order valence-corrected chi connectivity index (χ4v) is 2.60. The second-order valence-corrected chi connectivity index (χ2v) is 6.90. The van der Waals surface area contributed by atoms with Crippen LogP contribution in [0.25, 0.3) is 0 Å². The van der Waals surface area contributed by atoms with Crippen molar-refractivity contribution in [2.45, 2.75) is 65.1 Å². The Morgan fingerprint density at radius 1 is 1.25 bits per heavy atom. The maximum absolute atomic E-state index is 4.23. The lowest BCUT2D eigenvalue weighted by Gasteiger charge is -2.32. The largest absolute Gasteiger partial charge is 0.310 e. The molecule has 2 rings (SSSR count). The number of hydrogen-bond donors (Lipinski definition) is 1. The number of aromatic nitrogens is 3. The van der Waals surface area contributed by atoms with Crippen LogP contribution in [0.15, 0.2) is 6.20 Å². The minimum atomic E-state index is 0.00629. The highest BCUT2D eigenvalue weighted by molar-refractivity contribution is 4.94. The van der Waals surface area contributed by atoms with Crippen LogP contribution in [-0.2, 0) is 12.1 Å². The summed E-state index contributed by atoms with van der Waals surface area (Å²) in [6.07, 6.45) is 6.14. The van der Waals surface area contributed by atoms with Gasteiger partial charge in [0.05, 0.1) is 17.4 Å². The Morgan fingerprint density at radius 3 is 2.55 bits per heavy atom. The topological polar surface area (TPSA) is 46.0 Å². The summed E-state index contributed by atoms with van der Waals surface area (Å²) < 4.78 is 1.93. The van der Waals surface area contributed by atoms with Crippen LogP contribution < -0.4 is 5.32 Å². The normalized spacial score (nSPS) is 19.2. The minimum Gasteiger partial charge on any atom is -0.310 e. The van der Waals surface area contributed by atoms with Gasteiger partial charge < -0.3 is 5.32 Å². The maximum atomic E-state index is 4.23. The van der Waals surface area contributed by atoms with Gasteiger partial charge in [-0.05, 0) is 53.6 Å². The molecule has 0 aliphatic carbocycles. The zero-order valence-electron chi connectivity index (χ0n) is 13.4. The summed E-state index contributed by atoms with van der Waals surface area (Å²) in [5.74, 6) is 0. The van der Waals surface area contributed by atoms with E-state index < -0.39 is 0 Å². The average Bonchev–Trinajstić information content (AvgIpc) is 2.88. The Bertz CT molecular complexity index is 401. The number of hydrogen-bond acceptors (Lipinski definition) is 4. The molecule has 0 bridgehead atoms. The third-order valence-electron chi connectivity index (χ3n) is 3.99. The molecule has 0 saturated carbocycles. The lowest BCUT2D eigenvalue weighted by molar-refractivity contribution is 0.170. The highest BCUT2D eigenvalue weighted by atomic mass is 15.4. The molecule has 2 heterocycles. The quantitative estimate of drug-likeness (QED) is 0.895. The first-order valence-corrected chi connectivity index (χ1v) is 7.83. The Kier molecular flexibility index (Phi) is 5.16. The van der Waals surface area contributed by atoms with Gasteiger partial charge in [0.15, 0.2) is 0 Å². The predicted octanol–water partition coefficient (Wildman–Crippen LogP) is 2.00. The zero-order valence-corrected chi connectivity index (χ0v) is 13.4. The van der Waals surface area contributed by atoms with E-state index in [9.17, 15) is 0 Å². The van der Waals surface area contributed by atoms with E-state index in [1.165, 1.54) is 32.4 Å². The minimum absolute atomic E-state index is 0.00629. The highest BCUT2D eigenvalue weighted by Gasteiger charge is 2.17. The van der Waals surface area contributed by atoms with Crippen molar-refractivity contribution in [1.29, 1.82) is 0 Å². The summed E-state index contributed by atoms with van der Waals surface area (Å²) in [6, 6.07) is 0.605. The molecule has 5 nitrogen and oxygen atoms in total. The van der Waals surface area contributed by atoms with Crippen molar-refractivity contribution in [3.05, 3.63) is 11.9 Å². The third kappa shape index (κ3) is 4.28. The monoisotopic (exact) mass is 279 g/mol. The first kappa shape index (κ1) is 15.4. The number of likely N-dealkylation sites (tertiary alicyclic amines) is 1. The summed E-state index contributed by atoms with van der Waals surface area (Å²) in [7, 11) is 0. The van der Waals surface area contributed by atoms with Crippen molar-refractivity contribution in [2.24, 2.45) is 0 Å². The summed E-state index contributed by atoms with van der Waals surface area (Å²) in [6.45, 7) is 13.0. The van der Waals surface area contributed by atoms with E-state index in [0.29, 0.717) is 6.04 Å². The number of rotatable bonds is 5. The molecule has 20 heavy (non-hydrogen) atoms. The lowest BCUT2D eigenvalue weighted by atomic mass is 10.1. The second kappa shape index (κ2) is 6.68. The van der Waals surface area contributed by atoms with Crippen molar-refractivity contribution in [1.82, 2.24) is 25.2 Å². The van der Waals surface area contributed by atoms with Gasteiger partial charge in [-0.1, -0.05) is 11.6 Å². The summed E-state index contributed by atoms with van der Waals surface area (Å²) in [5, 5.41) is 11.9. The van der Waals surface area contributed by atoms with Crippen LogP contribution in [0.3, 0.4) is 0 Å². The molecule has 5 heteroatoms. The van der Waals surface area contributed by atoms with E-state index in [1.54, 1.807) is 0 Å². The van der Waals surface area contributed by atoms with Gasteiger partial charge >= 0.3 is 0 Å².